The van der Waals surface area contributed by atoms with Crippen LogP contribution in [0.15, 0.2) is 0 Å². The Labute approximate surface area is 117 Å². The molecule has 0 radical (unpaired) electrons. The maximum atomic E-state index is 12.0. The van der Waals surface area contributed by atoms with E-state index in [0.29, 0.717) is 0 Å². The Morgan fingerprint density at radius 2 is 2.00 bits per heavy atom. The Morgan fingerprint density at radius 1 is 1.35 bits per heavy atom. The summed E-state index contributed by atoms with van der Waals surface area (Å²) >= 11 is 0. The molecular formula is C11H18O8S. The summed E-state index contributed by atoms with van der Waals surface area (Å²) in [6.07, 6.45) is -1.91. The Bertz CT molecular complexity index is 499. The highest BCUT2D eigenvalue weighted by Gasteiger charge is 2.61. The minimum Gasteiger partial charge on any atom is -0.464 e. The summed E-state index contributed by atoms with van der Waals surface area (Å²) in [6, 6.07) is 0. The van der Waals surface area contributed by atoms with Gasteiger partial charge in [0, 0.05) is 0 Å². The van der Waals surface area contributed by atoms with E-state index in [1.165, 1.54) is 6.92 Å². The van der Waals surface area contributed by atoms with Gasteiger partial charge in [0.15, 0.2) is 5.79 Å². The van der Waals surface area contributed by atoms with Gasteiger partial charge >= 0.3 is 16.4 Å². The monoisotopic (exact) mass is 310 g/mol. The zero-order valence-electron chi connectivity index (χ0n) is 11.7. The van der Waals surface area contributed by atoms with Crippen molar-refractivity contribution in [2.24, 2.45) is 0 Å². The largest absolute Gasteiger partial charge is 0.464 e. The molecule has 9 heteroatoms. The van der Waals surface area contributed by atoms with Gasteiger partial charge in [-0.2, -0.15) is 8.42 Å². The number of hydrogen-bond donors (Lipinski definition) is 0. The molecule has 1 unspecified atom stereocenters. The van der Waals surface area contributed by atoms with Gasteiger partial charge in [-0.1, -0.05) is 0 Å². The van der Waals surface area contributed by atoms with E-state index in [2.05, 4.69) is 0 Å². The molecule has 0 aromatic heterocycles. The van der Waals surface area contributed by atoms with E-state index < -0.39 is 40.0 Å². The molecule has 0 saturated carbocycles. The number of hydrogen-bond acceptors (Lipinski definition) is 8. The number of esters is 1. The lowest BCUT2D eigenvalue weighted by Gasteiger charge is -2.27. The van der Waals surface area contributed by atoms with Crippen LogP contribution in [-0.2, 0) is 37.8 Å². The maximum Gasteiger partial charge on any atom is 0.401 e. The van der Waals surface area contributed by atoms with Crippen LogP contribution < -0.4 is 0 Å². The number of ether oxygens (including phenoxy) is 3. The molecule has 0 N–H and O–H groups in total. The smallest absolute Gasteiger partial charge is 0.401 e. The second kappa shape index (κ2) is 4.92. The predicted octanol–water partition coefficient (Wildman–Crippen LogP) is 0.120. The van der Waals surface area contributed by atoms with Crippen LogP contribution in [0.1, 0.15) is 27.7 Å². The van der Waals surface area contributed by atoms with Gasteiger partial charge in [-0.15, -0.1) is 0 Å². The van der Waals surface area contributed by atoms with Gasteiger partial charge in [0.25, 0.3) is 0 Å². The minimum absolute atomic E-state index is 0.0888. The van der Waals surface area contributed by atoms with Crippen LogP contribution in [-0.4, -0.2) is 51.2 Å². The van der Waals surface area contributed by atoms with Gasteiger partial charge < -0.3 is 14.2 Å². The third-order valence-electron chi connectivity index (χ3n) is 3.09. The Balaban J connectivity index is 2.27. The highest BCUT2D eigenvalue weighted by atomic mass is 32.3. The van der Waals surface area contributed by atoms with Crippen LogP contribution in [0.3, 0.4) is 0 Å². The lowest BCUT2D eigenvalue weighted by molar-refractivity contribution is -0.175. The summed E-state index contributed by atoms with van der Waals surface area (Å²) in [5.41, 5.74) is -1.79. The van der Waals surface area contributed by atoms with E-state index in [1.54, 1.807) is 20.8 Å². The molecule has 3 atom stereocenters. The first kappa shape index (κ1) is 15.6. The predicted molar refractivity (Wildman–Crippen MR) is 64.8 cm³/mol. The summed E-state index contributed by atoms with van der Waals surface area (Å²) in [7, 11) is -4.28. The maximum absolute atomic E-state index is 12.0. The molecule has 2 heterocycles. The molecule has 116 valence electrons. The molecule has 20 heavy (non-hydrogen) atoms. The van der Waals surface area contributed by atoms with E-state index in [1.807, 2.05) is 0 Å². The average Bonchev–Trinajstić information content (AvgIpc) is 2.77. The first-order chi connectivity index (χ1) is 9.10. The fourth-order valence-electron chi connectivity index (χ4n) is 2.20. The fraction of sp³-hybridized carbons (Fsp3) is 0.909. The first-order valence-corrected chi connectivity index (χ1v) is 7.56. The van der Waals surface area contributed by atoms with Gasteiger partial charge in [-0.25, -0.2) is 13.2 Å². The Morgan fingerprint density at radius 3 is 2.50 bits per heavy atom. The minimum atomic E-state index is -4.28. The van der Waals surface area contributed by atoms with Crippen LogP contribution in [0.25, 0.3) is 0 Å². The van der Waals surface area contributed by atoms with Crippen molar-refractivity contribution in [2.75, 3.05) is 13.2 Å². The SMILES string of the molecule is CCOC(=O)[C@]1(C)OS(=O)(=O)OC1[C@@H]1COC(C)(C)O1. The lowest BCUT2D eigenvalue weighted by atomic mass is 9.95. The lowest BCUT2D eigenvalue weighted by Crippen LogP contribution is -2.52. The molecule has 2 fully saturated rings. The van der Waals surface area contributed by atoms with E-state index in [4.69, 9.17) is 22.6 Å². The fourth-order valence-corrected chi connectivity index (χ4v) is 3.39. The van der Waals surface area contributed by atoms with E-state index in [9.17, 15) is 13.2 Å². The van der Waals surface area contributed by atoms with Gasteiger partial charge in [0.1, 0.15) is 12.2 Å². The molecule has 8 nitrogen and oxygen atoms in total. The summed E-state index contributed by atoms with van der Waals surface area (Å²) in [4.78, 5) is 12.0. The van der Waals surface area contributed by atoms with Crippen molar-refractivity contribution in [3.63, 3.8) is 0 Å². The van der Waals surface area contributed by atoms with Gasteiger partial charge in [-0.05, 0) is 27.7 Å². The van der Waals surface area contributed by atoms with E-state index in [-0.39, 0.29) is 13.2 Å². The average molecular weight is 310 g/mol. The highest BCUT2D eigenvalue weighted by molar-refractivity contribution is 7.82. The third-order valence-corrected chi connectivity index (χ3v) is 4.08. The normalized spacial score (nSPS) is 38.8. The van der Waals surface area contributed by atoms with E-state index in [0.717, 1.165) is 0 Å². The Kier molecular flexibility index (Phi) is 3.85. The number of rotatable bonds is 3. The molecule has 2 aliphatic rings. The van der Waals surface area contributed by atoms with Crippen LogP contribution in [0.4, 0.5) is 0 Å². The molecule has 2 saturated heterocycles. The van der Waals surface area contributed by atoms with Crippen molar-refractivity contribution in [1.29, 1.82) is 0 Å². The molecule has 2 rings (SSSR count). The van der Waals surface area contributed by atoms with Crippen molar-refractivity contribution >= 4 is 16.4 Å². The summed E-state index contributed by atoms with van der Waals surface area (Å²) in [6.45, 7) is 6.45. The molecule has 2 aliphatic heterocycles. The molecule has 0 aliphatic carbocycles. The molecule has 0 aromatic carbocycles. The van der Waals surface area contributed by atoms with Crippen molar-refractivity contribution in [2.45, 2.75) is 51.3 Å². The summed E-state index contributed by atoms with van der Waals surface area (Å²) in [5.74, 6) is -1.70. The Hall–Kier alpha value is -0.740. The van der Waals surface area contributed by atoms with Crippen LogP contribution in [0, 0.1) is 0 Å². The first-order valence-electron chi connectivity index (χ1n) is 6.22. The molecule has 0 aromatic rings. The van der Waals surface area contributed by atoms with E-state index >= 15 is 0 Å². The zero-order chi connectivity index (χ0) is 15.2. The molecular weight excluding hydrogens is 292 g/mol. The summed E-state index contributed by atoms with van der Waals surface area (Å²) < 4.78 is 48.5. The molecule has 0 spiro atoms. The second-order valence-corrected chi connectivity index (χ2v) is 6.38. The zero-order valence-corrected chi connectivity index (χ0v) is 12.6. The standard InChI is InChI=1S/C11H18O8S/c1-5-15-9(12)11(4)8(18-20(13,14)19-11)7-6-16-10(2,3)17-7/h7-8H,5-6H2,1-4H3/t7-,8?,11+/m0/s1. The van der Waals surface area contributed by atoms with Gasteiger partial charge in [-0.3, -0.25) is 0 Å². The number of carbonyl (C=O) groups excluding carboxylic acids is 1. The third kappa shape index (κ3) is 2.82. The second-order valence-electron chi connectivity index (χ2n) is 5.20. The molecule has 0 bridgehead atoms. The van der Waals surface area contributed by atoms with Crippen molar-refractivity contribution in [3.8, 4) is 0 Å². The quantitative estimate of drug-likeness (QED) is 0.678. The van der Waals surface area contributed by atoms with Crippen molar-refractivity contribution in [3.05, 3.63) is 0 Å². The summed E-state index contributed by atoms with van der Waals surface area (Å²) in [5, 5.41) is 0. The molecule has 0 amide bonds. The number of carbonyl (C=O) groups is 1. The van der Waals surface area contributed by atoms with Crippen LogP contribution in [0.2, 0.25) is 0 Å². The van der Waals surface area contributed by atoms with Crippen molar-refractivity contribution < 1.29 is 35.8 Å². The van der Waals surface area contributed by atoms with Crippen LogP contribution in [0.5, 0.6) is 0 Å². The highest BCUT2D eigenvalue weighted by Crippen LogP contribution is 2.38. The topological polar surface area (TPSA) is 97.4 Å². The van der Waals surface area contributed by atoms with Crippen molar-refractivity contribution in [1.82, 2.24) is 0 Å². The van der Waals surface area contributed by atoms with Gasteiger partial charge in [0.2, 0.25) is 5.60 Å². The van der Waals surface area contributed by atoms with Crippen LogP contribution >= 0.6 is 0 Å². The van der Waals surface area contributed by atoms with Gasteiger partial charge in [0.05, 0.1) is 13.2 Å².